The molecule has 0 aliphatic heterocycles. The molecule has 108 valence electrons. The number of aryl methyl sites for hydroxylation is 1. The molecule has 0 spiro atoms. The summed E-state index contributed by atoms with van der Waals surface area (Å²) in [5.74, 6) is 0.546. The summed E-state index contributed by atoms with van der Waals surface area (Å²) in [7, 11) is 3.39. The van der Waals surface area contributed by atoms with Crippen molar-refractivity contribution in [1.29, 1.82) is 0 Å². The molecule has 2 N–H and O–H groups in total. The van der Waals surface area contributed by atoms with Gasteiger partial charge in [-0.25, -0.2) is 9.36 Å². The van der Waals surface area contributed by atoms with Crippen molar-refractivity contribution in [2.45, 2.75) is 26.8 Å². The van der Waals surface area contributed by atoms with Crippen molar-refractivity contribution in [3.8, 4) is 5.82 Å². The Bertz CT molecular complexity index is 637. The van der Waals surface area contributed by atoms with E-state index in [1.54, 1.807) is 31.0 Å². The summed E-state index contributed by atoms with van der Waals surface area (Å²) in [6.07, 6.45) is 1.72. The minimum atomic E-state index is -0.144. The predicted molar refractivity (Wildman–Crippen MR) is 76.9 cm³/mol. The van der Waals surface area contributed by atoms with E-state index in [1.165, 1.54) is 4.90 Å². The number of rotatable bonds is 3. The average Bonchev–Trinajstić information content (AvgIpc) is 2.95. The van der Waals surface area contributed by atoms with Gasteiger partial charge in [0.1, 0.15) is 0 Å². The second-order valence-corrected chi connectivity index (χ2v) is 5.21. The van der Waals surface area contributed by atoms with E-state index in [2.05, 4.69) is 10.2 Å². The molecule has 0 aliphatic rings. The van der Waals surface area contributed by atoms with Gasteiger partial charge in [-0.05, 0) is 26.8 Å². The van der Waals surface area contributed by atoms with Crippen molar-refractivity contribution in [3.05, 3.63) is 23.7 Å². The fraction of sp³-hybridized carbons (Fsp3) is 0.462. The zero-order valence-electron chi connectivity index (χ0n) is 12.5. The smallest absolute Gasteiger partial charge is 0.273 e. The molecule has 2 heterocycles. The number of nitrogens with zero attached hydrogens (tertiary/aromatic N) is 5. The quantitative estimate of drug-likeness (QED) is 0.914. The highest BCUT2D eigenvalue weighted by Gasteiger charge is 2.19. The number of nitrogens with two attached hydrogens (primary N) is 1. The minimum Gasteiger partial charge on any atom is -0.394 e. The van der Waals surface area contributed by atoms with E-state index < -0.39 is 0 Å². The number of hydrogen-bond acceptors (Lipinski definition) is 4. The number of amides is 1. The molecule has 0 saturated heterocycles. The van der Waals surface area contributed by atoms with E-state index in [0.29, 0.717) is 17.2 Å². The zero-order valence-corrected chi connectivity index (χ0v) is 12.5. The molecule has 0 atom stereocenters. The summed E-state index contributed by atoms with van der Waals surface area (Å²) in [6, 6.07) is 1.83. The summed E-state index contributed by atoms with van der Waals surface area (Å²) in [5, 5.41) is 8.71. The van der Waals surface area contributed by atoms with Crippen LogP contribution in [0.15, 0.2) is 12.3 Å². The highest BCUT2D eigenvalue weighted by molar-refractivity contribution is 5.91. The van der Waals surface area contributed by atoms with Crippen LogP contribution in [0.4, 0.5) is 5.69 Å². The molecule has 0 unspecified atom stereocenters. The monoisotopic (exact) mass is 276 g/mol. The van der Waals surface area contributed by atoms with Crippen LogP contribution in [0, 0.1) is 6.92 Å². The lowest BCUT2D eigenvalue weighted by atomic mass is 10.3. The minimum absolute atomic E-state index is 0.144. The van der Waals surface area contributed by atoms with Gasteiger partial charge < -0.3 is 10.6 Å². The molecule has 2 aromatic heterocycles. The molecule has 0 radical (unpaired) electrons. The number of anilines is 1. The Morgan fingerprint density at radius 3 is 2.55 bits per heavy atom. The topological polar surface area (TPSA) is 82.0 Å². The second-order valence-electron chi connectivity index (χ2n) is 5.21. The maximum atomic E-state index is 11.9. The van der Waals surface area contributed by atoms with E-state index in [-0.39, 0.29) is 11.9 Å². The zero-order chi connectivity index (χ0) is 15.0. The van der Waals surface area contributed by atoms with Gasteiger partial charge in [-0.2, -0.15) is 10.2 Å². The van der Waals surface area contributed by atoms with Crippen LogP contribution < -0.4 is 5.73 Å². The van der Waals surface area contributed by atoms with Gasteiger partial charge in [0, 0.05) is 26.3 Å². The van der Waals surface area contributed by atoms with Crippen molar-refractivity contribution in [3.63, 3.8) is 0 Å². The van der Waals surface area contributed by atoms with E-state index in [4.69, 9.17) is 5.73 Å². The van der Waals surface area contributed by atoms with Crippen molar-refractivity contribution in [2.24, 2.45) is 0 Å². The van der Waals surface area contributed by atoms with Crippen LogP contribution in [0.2, 0.25) is 0 Å². The predicted octanol–water partition coefficient (Wildman–Crippen LogP) is 1.24. The third kappa shape index (κ3) is 2.26. The summed E-state index contributed by atoms with van der Waals surface area (Å²) in [4.78, 5) is 13.4. The van der Waals surface area contributed by atoms with Gasteiger partial charge in [-0.1, -0.05) is 0 Å². The second kappa shape index (κ2) is 4.99. The first-order chi connectivity index (χ1) is 9.32. The third-order valence-corrected chi connectivity index (χ3v) is 3.03. The Kier molecular flexibility index (Phi) is 3.52. The van der Waals surface area contributed by atoms with Crippen molar-refractivity contribution in [2.75, 3.05) is 19.8 Å². The molecule has 1 amide bonds. The fourth-order valence-corrected chi connectivity index (χ4v) is 1.92. The van der Waals surface area contributed by atoms with Crippen LogP contribution in [0.1, 0.15) is 36.1 Å². The van der Waals surface area contributed by atoms with Crippen LogP contribution >= 0.6 is 0 Å². The van der Waals surface area contributed by atoms with Gasteiger partial charge in [0.05, 0.1) is 11.4 Å². The van der Waals surface area contributed by atoms with Gasteiger partial charge in [-0.15, -0.1) is 0 Å². The molecule has 7 nitrogen and oxygen atoms in total. The maximum absolute atomic E-state index is 11.9. The molecule has 0 saturated carbocycles. The summed E-state index contributed by atoms with van der Waals surface area (Å²) in [6.45, 7) is 5.89. The Hall–Kier alpha value is -2.31. The first-order valence-corrected chi connectivity index (χ1v) is 6.45. The SMILES string of the molecule is Cc1nn(C(C)C)c(-n2ccc(C(=O)N(C)C)n2)c1N. The number of nitrogen functional groups attached to an aromatic ring is 1. The molecular formula is C13H20N6O. The van der Waals surface area contributed by atoms with E-state index >= 15 is 0 Å². The first kappa shape index (κ1) is 14.1. The first-order valence-electron chi connectivity index (χ1n) is 6.45. The van der Waals surface area contributed by atoms with Gasteiger partial charge in [0.2, 0.25) is 0 Å². The molecule has 20 heavy (non-hydrogen) atoms. The maximum Gasteiger partial charge on any atom is 0.273 e. The van der Waals surface area contributed by atoms with E-state index in [9.17, 15) is 4.79 Å². The Morgan fingerprint density at radius 1 is 1.35 bits per heavy atom. The fourth-order valence-electron chi connectivity index (χ4n) is 1.92. The largest absolute Gasteiger partial charge is 0.394 e. The summed E-state index contributed by atoms with van der Waals surface area (Å²) >= 11 is 0. The van der Waals surface area contributed by atoms with Crippen LogP contribution in [0.5, 0.6) is 0 Å². The van der Waals surface area contributed by atoms with Crippen LogP contribution in [-0.4, -0.2) is 44.5 Å². The highest BCUT2D eigenvalue weighted by atomic mass is 16.2. The van der Waals surface area contributed by atoms with Crippen molar-refractivity contribution < 1.29 is 4.79 Å². The van der Waals surface area contributed by atoms with Crippen LogP contribution in [0.25, 0.3) is 5.82 Å². The Labute approximate surface area is 118 Å². The standard InChI is InChI=1S/C13H20N6O/c1-8(2)19-12(11(14)9(3)15-19)18-7-6-10(16-18)13(20)17(4)5/h6-8H,14H2,1-5H3. The summed E-state index contributed by atoms with van der Waals surface area (Å²) in [5.41, 5.74) is 7.79. The number of carbonyl (C=O) groups is 1. The Balaban J connectivity index is 2.50. The highest BCUT2D eigenvalue weighted by Crippen LogP contribution is 2.23. The van der Waals surface area contributed by atoms with Crippen LogP contribution in [-0.2, 0) is 0 Å². The molecule has 0 fully saturated rings. The lowest BCUT2D eigenvalue weighted by Gasteiger charge is -2.11. The molecule has 0 aromatic carbocycles. The summed E-state index contributed by atoms with van der Waals surface area (Å²) < 4.78 is 3.41. The Morgan fingerprint density at radius 2 is 2.00 bits per heavy atom. The van der Waals surface area contributed by atoms with Gasteiger partial charge in [0.15, 0.2) is 11.5 Å². The van der Waals surface area contributed by atoms with Crippen molar-refractivity contribution >= 4 is 11.6 Å². The molecule has 0 aliphatic carbocycles. The van der Waals surface area contributed by atoms with Gasteiger partial charge >= 0.3 is 0 Å². The van der Waals surface area contributed by atoms with Crippen molar-refractivity contribution in [1.82, 2.24) is 24.5 Å². The lowest BCUT2D eigenvalue weighted by Crippen LogP contribution is -2.22. The number of carbonyl (C=O) groups excluding carboxylic acids is 1. The molecule has 7 heteroatoms. The van der Waals surface area contributed by atoms with Gasteiger partial charge in [-0.3, -0.25) is 4.79 Å². The van der Waals surface area contributed by atoms with E-state index in [1.807, 2.05) is 25.5 Å². The van der Waals surface area contributed by atoms with E-state index in [0.717, 1.165) is 5.69 Å². The molecule has 2 rings (SSSR count). The number of aromatic nitrogens is 4. The molecular weight excluding hydrogens is 256 g/mol. The normalized spacial score (nSPS) is 11.1. The molecule has 2 aromatic rings. The number of hydrogen-bond donors (Lipinski definition) is 1. The van der Waals surface area contributed by atoms with Gasteiger partial charge in [0.25, 0.3) is 5.91 Å². The lowest BCUT2D eigenvalue weighted by molar-refractivity contribution is 0.0821. The average molecular weight is 276 g/mol. The molecule has 0 bridgehead atoms. The van der Waals surface area contributed by atoms with Crippen LogP contribution in [0.3, 0.4) is 0 Å². The third-order valence-electron chi connectivity index (χ3n) is 3.03.